The maximum atomic E-state index is 9.26. The van der Waals surface area contributed by atoms with Gasteiger partial charge in [0.2, 0.25) is 0 Å². The molecule has 1 aromatic rings. The largest absolute Gasteiger partial charge is 0.390 e. The van der Waals surface area contributed by atoms with E-state index in [9.17, 15) is 5.11 Å². The van der Waals surface area contributed by atoms with E-state index >= 15 is 0 Å². The third-order valence-corrected chi connectivity index (χ3v) is 3.46. The maximum Gasteiger partial charge on any atom is 0.112 e. The predicted molar refractivity (Wildman–Crippen MR) is 62.1 cm³/mol. The van der Waals surface area contributed by atoms with Gasteiger partial charge in [0.05, 0.1) is 12.3 Å². The molecule has 1 N–H and O–H groups in total. The number of aliphatic hydroxyl groups excluding tert-OH is 1. The second-order valence-electron chi connectivity index (χ2n) is 4.64. The number of aromatic nitrogens is 3. The van der Waals surface area contributed by atoms with Gasteiger partial charge in [0.1, 0.15) is 5.69 Å². The summed E-state index contributed by atoms with van der Waals surface area (Å²) in [6.45, 7) is 3.18. The Labute approximate surface area is 96.7 Å². The van der Waals surface area contributed by atoms with Crippen LogP contribution in [-0.4, -0.2) is 20.1 Å². The lowest BCUT2D eigenvalue weighted by molar-refractivity contribution is 0.271. The van der Waals surface area contributed by atoms with E-state index < -0.39 is 0 Å². The molecule has 0 bridgehead atoms. The van der Waals surface area contributed by atoms with E-state index in [1.165, 1.54) is 37.8 Å². The Morgan fingerprint density at radius 2 is 2.19 bits per heavy atom. The fourth-order valence-corrected chi connectivity index (χ4v) is 2.27. The molecular formula is C12H21N3O. The summed E-state index contributed by atoms with van der Waals surface area (Å²) in [5.41, 5.74) is 1.99. The van der Waals surface area contributed by atoms with Gasteiger partial charge in [0, 0.05) is 12.5 Å². The molecule has 0 atom stereocenters. The first-order valence-corrected chi connectivity index (χ1v) is 6.40. The molecule has 1 fully saturated rings. The van der Waals surface area contributed by atoms with Crippen molar-refractivity contribution in [3.05, 3.63) is 11.4 Å². The summed E-state index contributed by atoms with van der Waals surface area (Å²) in [5, 5.41) is 17.5. The zero-order chi connectivity index (χ0) is 11.4. The van der Waals surface area contributed by atoms with Crippen molar-refractivity contribution in [2.45, 2.75) is 64.5 Å². The van der Waals surface area contributed by atoms with Gasteiger partial charge in [-0.2, -0.15) is 0 Å². The Kier molecular flexibility index (Phi) is 3.93. The fraction of sp³-hybridized carbons (Fsp3) is 0.833. The lowest BCUT2D eigenvalue weighted by atomic mass is 9.82. The van der Waals surface area contributed by atoms with Crippen LogP contribution >= 0.6 is 0 Å². The van der Waals surface area contributed by atoms with Crippen LogP contribution < -0.4 is 0 Å². The van der Waals surface area contributed by atoms with Crippen molar-refractivity contribution in [3.63, 3.8) is 0 Å². The molecule has 1 aliphatic carbocycles. The van der Waals surface area contributed by atoms with Gasteiger partial charge in [0.15, 0.2) is 0 Å². The minimum absolute atomic E-state index is 0.0274. The van der Waals surface area contributed by atoms with Crippen LogP contribution in [0.15, 0.2) is 0 Å². The van der Waals surface area contributed by atoms with E-state index in [1.54, 1.807) is 0 Å². The first-order valence-electron chi connectivity index (χ1n) is 6.40. The van der Waals surface area contributed by atoms with Gasteiger partial charge in [-0.05, 0) is 19.3 Å². The molecule has 0 spiro atoms. The van der Waals surface area contributed by atoms with Crippen LogP contribution in [0.25, 0.3) is 0 Å². The lowest BCUT2D eigenvalue weighted by Crippen LogP contribution is -2.17. The molecular weight excluding hydrogens is 202 g/mol. The summed E-state index contributed by atoms with van der Waals surface area (Å²) in [6, 6.07) is 0. The van der Waals surface area contributed by atoms with E-state index in [-0.39, 0.29) is 6.61 Å². The zero-order valence-electron chi connectivity index (χ0n) is 10.0. The monoisotopic (exact) mass is 223 g/mol. The van der Waals surface area contributed by atoms with Crippen molar-refractivity contribution in [2.24, 2.45) is 0 Å². The normalized spacial score (nSPS) is 16.4. The Hall–Kier alpha value is -0.900. The summed E-state index contributed by atoms with van der Waals surface area (Å²) >= 11 is 0. The van der Waals surface area contributed by atoms with Gasteiger partial charge in [-0.15, -0.1) is 5.10 Å². The van der Waals surface area contributed by atoms with Crippen LogP contribution in [0.5, 0.6) is 0 Å². The molecule has 1 saturated carbocycles. The van der Waals surface area contributed by atoms with Crippen LogP contribution in [0.3, 0.4) is 0 Å². The lowest BCUT2D eigenvalue weighted by Gasteiger charge is -2.26. The smallest absolute Gasteiger partial charge is 0.112 e. The summed E-state index contributed by atoms with van der Waals surface area (Å²) in [5.74, 6) is 0.596. The van der Waals surface area contributed by atoms with Gasteiger partial charge >= 0.3 is 0 Å². The van der Waals surface area contributed by atoms with Gasteiger partial charge in [0.25, 0.3) is 0 Å². The molecule has 0 radical (unpaired) electrons. The summed E-state index contributed by atoms with van der Waals surface area (Å²) in [7, 11) is 0. The standard InChI is InChI=1S/C12H21N3O/c1-2-3-4-8-15-12(10-6-5-7-10)11(9-16)13-14-15/h10,16H,2-9H2,1H3. The predicted octanol–water partition coefficient (Wildman–Crippen LogP) is 2.23. The average Bonchev–Trinajstić information content (AvgIpc) is 2.60. The van der Waals surface area contributed by atoms with Gasteiger partial charge in [-0.25, -0.2) is 4.68 Å². The quantitative estimate of drug-likeness (QED) is 0.752. The first-order chi connectivity index (χ1) is 7.86. The van der Waals surface area contributed by atoms with Crippen molar-refractivity contribution >= 4 is 0 Å². The first kappa shape index (κ1) is 11.6. The fourth-order valence-electron chi connectivity index (χ4n) is 2.27. The molecule has 1 aromatic heterocycles. The number of rotatable bonds is 6. The van der Waals surface area contributed by atoms with Crippen LogP contribution in [0, 0.1) is 0 Å². The molecule has 4 nitrogen and oxygen atoms in total. The molecule has 0 amide bonds. The third-order valence-electron chi connectivity index (χ3n) is 3.46. The van der Waals surface area contributed by atoms with Crippen molar-refractivity contribution in [1.82, 2.24) is 15.0 Å². The minimum Gasteiger partial charge on any atom is -0.390 e. The molecule has 0 saturated heterocycles. The second-order valence-corrected chi connectivity index (χ2v) is 4.64. The number of hydrogen-bond acceptors (Lipinski definition) is 3. The van der Waals surface area contributed by atoms with E-state index in [0.29, 0.717) is 5.92 Å². The second kappa shape index (κ2) is 5.43. The molecule has 0 aliphatic heterocycles. The van der Waals surface area contributed by atoms with Crippen molar-refractivity contribution in [3.8, 4) is 0 Å². The van der Waals surface area contributed by atoms with Gasteiger partial charge < -0.3 is 5.11 Å². The Balaban J connectivity index is 2.07. The average molecular weight is 223 g/mol. The Morgan fingerprint density at radius 1 is 1.38 bits per heavy atom. The minimum atomic E-state index is 0.0274. The highest BCUT2D eigenvalue weighted by Crippen LogP contribution is 2.37. The highest BCUT2D eigenvalue weighted by Gasteiger charge is 2.26. The molecule has 1 aliphatic rings. The van der Waals surface area contributed by atoms with Crippen molar-refractivity contribution < 1.29 is 5.11 Å². The topological polar surface area (TPSA) is 50.9 Å². The van der Waals surface area contributed by atoms with Crippen molar-refractivity contribution in [2.75, 3.05) is 0 Å². The van der Waals surface area contributed by atoms with Gasteiger partial charge in [-0.3, -0.25) is 0 Å². The summed E-state index contributed by atoms with van der Waals surface area (Å²) < 4.78 is 2.02. The highest BCUT2D eigenvalue weighted by molar-refractivity contribution is 5.17. The molecule has 4 heteroatoms. The molecule has 2 rings (SSSR count). The Bertz CT molecular complexity index is 331. The number of hydrogen-bond donors (Lipinski definition) is 1. The number of nitrogens with zero attached hydrogens (tertiary/aromatic N) is 3. The maximum absolute atomic E-state index is 9.26. The number of aliphatic hydroxyl groups is 1. The van der Waals surface area contributed by atoms with E-state index in [2.05, 4.69) is 17.2 Å². The van der Waals surface area contributed by atoms with Crippen molar-refractivity contribution in [1.29, 1.82) is 0 Å². The Morgan fingerprint density at radius 3 is 2.75 bits per heavy atom. The van der Waals surface area contributed by atoms with E-state index in [4.69, 9.17) is 0 Å². The van der Waals surface area contributed by atoms with Crippen LogP contribution in [0.4, 0.5) is 0 Å². The van der Waals surface area contributed by atoms with Crippen LogP contribution in [0.2, 0.25) is 0 Å². The van der Waals surface area contributed by atoms with Gasteiger partial charge in [-0.1, -0.05) is 31.4 Å². The molecule has 1 heterocycles. The highest BCUT2D eigenvalue weighted by atomic mass is 16.3. The molecule has 16 heavy (non-hydrogen) atoms. The summed E-state index contributed by atoms with van der Waals surface area (Å²) in [6.07, 6.45) is 7.38. The van der Waals surface area contributed by atoms with E-state index in [1.807, 2.05) is 4.68 Å². The molecule has 90 valence electrons. The summed E-state index contributed by atoms with van der Waals surface area (Å²) in [4.78, 5) is 0. The van der Waals surface area contributed by atoms with Crippen LogP contribution in [-0.2, 0) is 13.2 Å². The zero-order valence-corrected chi connectivity index (χ0v) is 10.0. The van der Waals surface area contributed by atoms with Crippen LogP contribution in [0.1, 0.15) is 62.8 Å². The SMILES string of the molecule is CCCCCn1nnc(CO)c1C1CCC1. The van der Waals surface area contributed by atoms with E-state index in [0.717, 1.165) is 18.7 Å². The third kappa shape index (κ3) is 2.26. The number of aryl methyl sites for hydroxylation is 1. The molecule has 0 aromatic carbocycles. The molecule has 0 unspecified atom stereocenters. The number of unbranched alkanes of at least 4 members (excludes halogenated alkanes) is 2.